The van der Waals surface area contributed by atoms with Crippen molar-refractivity contribution in [1.29, 1.82) is 0 Å². The first-order chi connectivity index (χ1) is 15.5. The van der Waals surface area contributed by atoms with E-state index >= 15 is 0 Å². The molecule has 8 heteroatoms. The lowest BCUT2D eigenvalue weighted by Gasteiger charge is -2.10. The van der Waals surface area contributed by atoms with Gasteiger partial charge in [0.05, 0.1) is 6.21 Å². The van der Waals surface area contributed by atoms with Gasteiger partial charge in [-0.2, -0.15) is 5.10 Å². The second-order valence-electron chi connectivity index (χ2n) is 6.77. The van der Waals surface area contributed by atoms with E-state index in [1.807, 2.05) is 30.3 Å². The van der Waals surface area contributed by atoms with Crippen LogP contribution in [0.2, 0.25) is 5.02 Å². The molecule has 3 aromatic carbocycles. The lowest BCUT2D eigenvalue weighted by atomic mass is 10.2. The lowest BCUT2D eigenvalue weighted by Crippen LogP contribution is -2.20. The van der Waals surface area contributed by atoms with E-state index in [9.17, 15) is 14.0 Å². The van der Waals surface area contributed by atoms with E-state index in [-0.39, 0.29) is 18.7 Å². The zero-order valence-corrected chi connectivity index (χ0v) is 17.8. The summed E-state index contributed by atoms with van der Waals surface area (Å²) >= 11 is 6.15. The minimum absolute atomic E-state index is 0.0315. The second-order valence-corrected chi connectivity index (χ2v) is 7.17. The smallest absolute Gasteiger partial charge is 0.240 e. The third-order valence-electron chi connectivity index (χ3n) is 4.36. The van der Waals surface area contributed by atoms with Crippen LogP contribution in [0.1, 0.15) is 24.0 Å². The van der Waals surface area contributed by atoms with Gasteiger partial charge in [0, 0.05) is 34.7 Å². The molecule has 2 N–H and O–H groups in total. The molecule has 0 radical (unpaired) electrons. The van der Waals surface area contributed by atoms with Crippen molar-refractivity contribution in [2.24, 2.45) is 5.10 Å². The highest BCUT2D eigenvalue weighted by Crippen LogP contribution is 2.21. The zero-order valence-electron chi connectivity index (χ0n) is 17.1. The number of hydrazone groups is 1. The zero-order chi connectivity index (χ0) is 22.8. The van der Waals surface area contributed by atoms with Gasteiger partial charge in [-0.25, -0.2) is 9.82 Å². The molecule has 0 unspecified atom stereocenters. The molecule has 6 nitrogen and oxygen atoms in total. The summed E-state index contributed by atoms with van der Waals surface area (Å²) in [4.78, 5) is 23.9. The van der Waals surface area contributed by atoms with Crippen LogP contribution in [0, 0.1) is 5.82 Å². The van der Waals surface area contributed by atoms with Crippen LogP contribution in [0.3, 0.4) is 0 Å². The Kier molecular flexibility index (Phi) is 8.34. The van der Waals surface area contributed by atoms with E-state index in [1.165, 1.54) is 30.5 Å². The molecule has 164 valence electrons. The topological polar surface area (TPSA) is 79.8 Å². The number of amides is 2. The number of anilines is 1. The van der Waals surface area contributed by atoms with Gasteiger partial charge in [0.25, 0.3) is 0 Å². The normalized spacial score (nSPS) is 10.7. The molecule has 0 atom stereocenters. The van der Waals surface area contributed by atoms with Crippen molar-refractivity contribution >= 4 is 35.3 Å². The van der Waals surface area contributed by atoms with E-state index in [0.717, 1.165) is 5.56 Å². The number of carbonyl (C=O) groups excluding carboxylic acids is 2. The van der Waals surface area contributed by atoms with Crippen LogP contribution in [-0.2, 0) is 16.2 Å². The summed E-state index contributed by atoms with van der Waals surface area (Å²) < 4.78 is 18.7. The van der Waals surface area contributed by atoms with Crippen LogP contribution in [0.25, 0.3) is 0 Å². The number of hydrogen-bond donors (Lipinski definition) is 2. The van der Waals surface area contributed by atoms with Gasteiger partial charge in [-0.1, -0.05) is 41.9 Å². The monoisotopic (exact) mass is 453 g/mol. The van der Waals surface area contributed by atoms with Crippen molar-refractivity contribution in [2.75, 3.05) is 5.32 Å². The first-order valence-electron chi connectivity index (χ1n) is 9.84. The number of carbonyl (C=O) groups is 2. The fourth-order valence-electron chi connectivity index (χ4n) is 2.70. The molecular formula is C24H21ClFN3O3. The van der Waals surface area contributed by atoms with Crippen LogP contribution in [-0.4, -0.2) is 18.0 Å². The third-order valence-corrected chi connectivity index (χ3v) is 4.73. The van der Waals surface area contributed by atoms with Gasteiger partial charge >= 0.3 is 0 Å². The van der Waals surface area contributed by atoms with Crippen molar-refractivity contribution in [3.8, 4) is 5.75 Å². The molecule has 0 aliphatic heterocycles. The van der Waals surface area contributed by atoms with Crippen LogP contribution < -0.4 is 15.5 Å². The van der Waals surface area contributed by atoms with Crippen molar-refractivity contribution < 1.29 is 18.7 Å². The Morgan fingerprint density at radius 1 is 0.938 bits per heavy atom. The van der Waals surface area contributed by atoms with E-state index < -0.39 is 11.7 Å². The van der Waals surface area contributed by atoms with Gasteiger partial charge in [-0.15, -0.1) is 0 Å². The average molecular weight is 454 g/mol. The van der Waals surface area contributed by atoms with Crippen molar-refractivity contribution in [3.63, 3.8) is 0 Å². The van der Waals surface area contributed by atoms with Gasteiger partial charge in [0.2, 0.25) is 11.8 Å². The predicted octanol–water partition coefficient (Wildman–Crippen LogP) is 4.93. The largest absolute Gasteiger partial charge is 0.488 e. The Hall–Kier alpha value is -3.71. The van der Waals surface area contributed by atoms with E-state index in [1.54, 1.807) is 18.2 Å². The molecule has 3 rings (SSSR count). The van der Waals surface area contributed by atoms with Crippen LogP contribution in [0.5, 0.6) is 5.75 Å². The van der Waals surface area contributed by atoms with Gasteiger partial charge in [-0.05, 0) is 42.5 Å². The average Bonchev–Trinajstić information content (AvgIpc) is 2.79. The standard InChI is InChI=1S/C24H21ClFN3O3/c25-21-7-3-1-6-18(21)16-32-22-8-4-2-5-17(22)15-27-29-24(31)14-13-23(30)28-20-11-9-19(26)10-12-20/h1-12,15H,13-14,16H2,(H,28,30)(H,29,31). The maximum absolute atomic E-state index is 12.9. The predicted molar refractivity (Wildman–Crippen MR) is 122 cm³/mol. The minimum atomic E-state index is -0.412. The Morgan fingerprint density at radius 3 is 2.41 bits per heavy atom. The van der Waals surface area contributed by atoms with Gasteiger partial charge in [-0.3, -0.25) is 9.59 Å². The molecule has 0 saturated heterocycles. The molecular weight excluding hydrogens is 433 g/mol. The Labute approximate surface area is 190 Å². The highest BCUT2D eigenvalue weighted by atomic mass is 35.5. The quantitative estimate of drug-likeness (QED) is 0.356. The summed E-state index contributed by atoms with van der Waals surface area (Å²) in [6.45, 7) is 0.292. The van der Waals surface area contributed by atoms with E-state index in [4.69, 9.17) is 16.3 Å². The lowest BCUT2D eigenvalue weighted by molar-refractivity contribution is -0.124. The third kappa shape index (κ3) is 7.21. The first-order valence-corrected chi connectivity index (χ1v) is 10.2. The van der Waals surface area contributed by atoms with Gasteiger partial charge in [0.1, 0.15) is 18.2 Å². The number of hydrogen-bond acceptors (Lipinski definition) is 4. The molecule has 0 aliphatic carbocycles. The van der Waals surface area contributed by atoms with Gasteiger partial charge in [0.15, 0.2) is 0 Å². The minimum Gasteiger partial charge on any atom is -0.488 e. The molecule has 0 aliphatic rings. The Bertz CT molecular complexity index is 1100. The number of rotatable bonds is 9. The highest BCUT2D eigenvalue weighted by molar-refractivity contribution is 6.31. The van der Waals surface area contributed by atoms with E-state index in [2.05, 4.69) is 15.8 Å². The van der Waals surface area contributed by atoms with Crippen molar-refractivity contribution in [1.82, 2.24) is 5.43 Å². The fraction of sp³-hybridized carbons (Fsp3) is 0.125. The number of para-hydroxylation sites is 1. The number of benzene rings is 3. The molecule has 0 saturated carbocycles. The van der Waals surface area contributed by atoms with Crippen LogP contribution in [0.15, 0.2) is 77.9 Å². The van der Waals surface area contributed by atoms with Crippen LogP contribution >= 0.6 is 11.6 Å². The number of halogens is 2. The molecule has 0 bridgehead atoms. The maximum Gasteiger partial charge on any atom is 0.240 e. The molecule has 2 amide bonds. The number of ether oxygens (including phenoxy) is 1. The summed E-state index contributed by atoms with van der Waals surface area (Å²) in [5, 5.41) is 7.16. The molecule has 0 fully saturated rings. The first kappa shape index (κ1) is 23.0. The number of nitrogens with zero attached hydrogens (tertiary/aromatic N) is 1. The fourth-order valence-corrected chi connectivity index (χ4v) is 2.89. The van der Waals surface area contributed by atoms with Crippen LogP contribution in [0.4, 0.5) is 10.1 Å². The summed E-state index contributed by atoms with van der Waals surface area (Å²) in [5.74, 6) is -0.570. The van der Waals surface area contributed by atoms with Crippen molar-refractivity contribution in [3.05, 3.63) is 94.8 Å². The summed E-state index contributed by atoms with van der Waals surface area (Å²) in [6, 6.07) is 20.0. The SMILES string of the molecule is O=C(CCC(=O)Nc1ccc(F)cc1)NN=Cc1ccccc1OCc1ccccc1Cl. The molecule has 3 aromatic rings. The summed E-state index contributed by atoms with van der Waals surface area (Å²) in [7, 11) is 0. The van der Waals surface area contributed by atoms with E-state index in [0.29, 0.717) is 28.6 Å². The summed E-state index contributed by atoms with van der Waals surface area (Å²) in [6.07, 6.45) is 1.39. The Morgan fingerprint density at radius 2 is 1.62 bits per heavy atom. The molecule has 0 heterocycles. The van der Waals surface area contributed by atoms with Gasteiger partial charge < -0.3 is 10.1 Å². The summed E-state index contributed by atoms with van der Waals surface area (Å²) in [5.41, 5.74) is 4.38. The Balaban J connectivity index is 1.47. The second kappa shape index (κ2) is 11.6. The number of nitrogens with one attached hydrogen (secondary N) is 2. The molecule has 32 heavy (non-hydrogen) atoms. The maximum atomic E-state index is 12.9. The highest BCUT2D eigenvalue weighted by Gasteiger charge is 2.08. The molecule has 0 aromatic heterocycles. The molecule has 0 spiro atoms. The van der Waals surface area contributed by atoms with Crippen molar-refractivity contribution in [2.45, 2.75) is 19.4 Å².